The predicted molar refractivity (Wildman–Crippen MR) is 77.8 cm³/mol. The fourth-order valence-corrected chi connectivity index (χ4v) is 3.17. The number of benzene rings is 1. The molecule has 0 saturated heterocycles. The summed E-state index contributed by atoms with van der Waals surface area (Å²) >= 11 is 1.42. The van der Waals surface area contributed by atoms with Crippen molar-refractivity contribution in [2.45, 2.75) is 12.8 Å². The second-order valence-corrected chi connectivity index (χ2v) is 5.88. The highest BCUT2D eigenvalue weighted by atomic mass is 32.1. The Bertz CT molecular complexity index is 632. The van der Waals surface area contributed by atoms with Crippen molar-refractivity contribution in [3.8, 4) is 5.75 Å². The van der Waals surface area contributed by atoms with Crippen LogP contribution in [0, 0.1) is 5.92 Å². The summed E-state index contributed by atoms with van der Waals surface area (Å²) in [6, 6.07) is 5.72. The molecule has 100 valence electrons. The lowest BCUT2D eigenvalue weighted by Crippen LogP contribution is -2.25. The van der Waals surface area contributed by atoms with E-state index in [0.29, 0.717) is 22.2 Å². The molecule has 0 radical (unpaired) electrons. The first-order valence-electron chi connectivity index (χ1n) is 6.34. The molecule has 0 unspecified atom stereocenters. The number of methoxy groups -OCH3 is 1. The molecule has 1 amide bonds. The van der Waals surface area contributed by atoms with Crippen molar-refractivity contribution in [2.75, 3.05) is 19.4 Å². The molecule has 1 aliphatic rings. The number of hydrogen-bond acceptors (Lipinski definition) is 4. The molecule has 0 spiro atoms. The van der Waals surface area contributed by atoms with Crippen LogP contribution < -0.4 is 15.8 Å². The normalized spacial score (nSPS) is 14.6. The Morgan fingerprint density at radius 2 is 2.32 bits per heavy atom. The van der Waals surface area contributed by atoms with E-state index in [2.05, 4.69) is 5.32 Å². The number of nitrogen functional groups attached to an aromatic ring is 1. The van der Waals surface area contributed by atoms with Crippen molar-refractivity contribution in [3.63, 3.8) is 0 Å². The third-order valence-electron chi connectivity index (χ3n) is 3.39. The molecule has 3 N–H and O–H groups in total. The number of carbonyl (C=O) groups excluding carboxylic acids is 1. The van der Waals surface area contributed by atoms with Gasteiger partial charge in [-0.3, -0.25) is 4.79 Å². The maximum Gasteiger partial charge on any atom is 0.263 e. The van der Waals surface area contributed by atoms with E-state index in [1.54, 1.807) is 7.11 Å². The van der Waals surface area contributed by atoms with Crippen LogP contribution in [0.4, 0.5) is 5.69 Å². The van der Waals surface area contributed by atoms with Crippen LogP contribution in [0.2, 0.25) is 0 Å². The van der Waals surface area contributed by atoms with Gasteiger partial charge in [-0.2, -0.15) is 0 Å². The van der Waals surface area contributed by atoms with Gasteiger partial charge in [0, 0.05) is 11.2 Å². The number of nitrogens with two attached hydrogens (primary N) is 1. The molecule has 3 rings (SSSR count). The van der Waals surface area contributed by atoms with Crippen LogP contribution in [0.5, 0.6) is 5.75 Å². The van der Waals surface area contributed by atoms with Crippen molar-refractivity contribution < 1.29 is 9.53 Å². The highest BCUT2D eigenvalue weighted by Gasteiger charge is 2.24. The summed E-state index contributed by atoms with van der Waals surface area (Å²) in [6.45, 7) is 0.754. The molecule has 1 aromatic carbocycles. The van der Waals surface area contributed by atoms with Crippen molar-refractivity contribution in [2.24, 2.45) is 5.92 Å². The number of ether oxygens (including phenoxy) is 1. The zero-order valence-electron chi connectivity index (χ0n) is 10.7. The molecule has 0 atom stereocenters. The lowest BCUT2D eigenvalue weighted by molar-refractivity contribution is 0.0956. The van der Waals surface area contributed by atoms with Gasteiger partial charge in [0.2, 0.25) is 0 Å². The van der Waals surface area contributed by atoms with E-state index in [-0.39, 0.29) is 5.91 Å². The summed E-state index contributed by atoms with van der Waals surface area (Å²) in [6.07, 6.45) is 2.44. The number of amides is 1. The van der Waals surface area contributed by atoms with E-state index >= 15 is 0 Å². The third kappa shape index (κ3) is 2.26. The summed E-state index contributed by atoms with van der Waals surface area (Å²) in [5, 5.41) is 3.79. The number of hydrogen-bond donors (Lipinski definition) is 2. The van der Waals surface area contributed by atoms with Crippen LogP contribution in [0.1, 0.15) is 22.5 Å². The maximum absolute atomic E-state index is 12.1. The van der Waals surface area contributed by atoms with Gasteiger partial charge in [-0.15, -0.1) is 11.3 Å². The van der Waals surface area contributed by atoms with Crippen molar-refractivity contribution in [3.05, 3.63) is 23.1 Å². The molecule has 5 heteroatoms. The van der Waals surface area contributed by atoms with Crippen molar-refractivity contribution >= 4 is 33.0 Å². The molecule has 1 heterocycles. The second kappa shape index (κ2) is 4.74. The Labute approximate surface area is 115 Å². The van der Waals surface area contributed by atoms with Gasteiger partial charge in [0.15, 0.2) is 0 Å². The minimum Gasteiger partial charge on any atom is -0.496 e. The SMILES string of the molecule is COc1cccc2sc(C(=O)NCC3CC3)c(N)c12. The van der Waals surface area contributed by atoms with Gasteiger partial charge >= 0.3 is 0 Å². The third-order valence-corrected chi connectivity index (χ3v) is 4.56. The van der Waals surface area contributed by atoms with E-state index in [1.165, 1.54) is 24.2 Å². The fraction of sp³-hybridized carbons (Fsp3) is 0.357. The van der Waals surface area contributed by atoms with Crippen LogP contribution in [0.25, 0.3) is 10.1 Å². The summed E-state index contributed by atoms with van der Waals surface area (Å²) in [7, 11) is 1.61. The Balaban J connectivity index is 1.94. The lowest BCUT2D eigenvalue weighted by atomic mass is 10.2. The van der Waals surface area contributed by atoms with Crippen molar-refractivity contribution in [1.82, 2.24) is 5.32 Å². The van der Waals surface area contributed by atoms with Gasteiger partial charge < -0.3 is 15.8 Å². The minimum atomic E-state index is -0.0762. The molecule has 0 aliphatic heterocycles. The van der Waals surface area contributed by atoms with E-state index in [9.17, 15) is 4.79 Å². The van der Waals surface area contributed by atoms with Gasteiger partial charge in [-0.1, -0.05) is 6.07 Å². The Hall–Kier alpha value is -1.75. The van der Waals surface area contributed by atoms with Crippen LogP contribution in [0.3, 0.4) is 0 Å². The molecule has 1 fully saturated rings. The Morgan fingerprint density at radius 1 is 1.53 bits per heavy atom. The number of carbonyl (C=O) groups is 1. The van der Waals surface area contributed by atoms with E-state index in [1.807, 2.05) is 18.2 Å². The average Bonchev–Trinajstić information content (AvgIpc) is 3.19. The van der Waals surface area contributed by atoms with E-state index < -0.39 is 0 Å². The van der Waals surface area contributed by atoms with Gasteiger partial charge in [0.05, 0.1) is 18.2 Å². The monoisotopic (exact) mass is 276 g/mol. The second-order valence-electron chi connectivity index (χ2n) is 4.83. The summed E-state index contributed by atoms with van der Waals surface area (Å²) < 4.78 is 6.28. The number of anilines is 1. The first-order valence-corrected chi connectivity index (χ1v) is 7.15. The Morgan fingerprint density at radius 3 is 3.00 bits per heavy atom. The standard InChI is InChI=1S/C14H16N2O2S/c1-18-9-3-2-4-10-11(9)12(15)13(19-10)14(17)16-7-8-5-6-8/h2-4,8H,5-7,15H2,1H3,(H,16,17). The summed E-state index contributed by atoms with van der Waals surface area (Å²) in [5.41, 5.74) is 6.63. The highest BCUT2D eigenvalue weighted by molar-refractivity contribution is 7.21. The maximum atomic E-state index is 12.1. The van der Waals surface area contributed by atoms with E-state index in [0.717, 1.165) is 16.6 Å². The molecule has 1 aliphatic carbocycles. The molecular weight excluding hydrogens is 260 g/mol. The van der Waals surface area contributed by atoms with Crippen LogP contribution in [0.15, 0.2) is 18.2 Å². The van der Waals surface area contributed by atoms with Gasteiger partial charge in [0.1, 0.15) is 10.6 Å². The molecule has 1 aromatic heterocycles. The average molecular weight is 276 g/mol. The number of thiophene rings is 1. The minimum absolute atomic E-state index is 0.0762. The number of rotatable bonds is 4. The molecule has 4 nitrogen and oxygen atoms in total. The molecule has 0 bridgehead atoms. The number of nitrogens with one attached hydrogen (secondary N) is 1. The summed E-state index contributed by atoms with van der Waals surface area (Å²) in [4.78, 5) is 12.7. The quantitative estimate of drug-likeness (QED) is 0.902. The highest BCUT2D eigenvalue weighted by Crippen LogP contribution is 2.39. The number of fused-ring (bicyclic) bond motifs is 1. The predicted octanol–water partition coefficient (Wildman–Crippen LogP) is 2.63. The van der Waals surface area contributed by atoms with Gasteiger partial charge in [-0.05, 0) is 30.9 Å². The van der Waals surface area contributed by atoms with E-state index in [4.69, 9.17) is 10.5 Å². The van der Waals surface area contributed by atoms with Gasteiger partial charge in [0.25, 0.3) is 5.91 Å². The lowest BCUT2D eigenvalue weighted by Gasteiger charge is -2.04. The first-order chi connectivity index (χ1) is 9.20. The molecule has 19 heavy (non-hydrogen) atoms. The molecular formula is C14H16N2O2S. The van der Waals surface area contributed by atoms with Crippen LogP contribution in [-0.4, -0.2) is 19.6 Å². The molecule has 1 saturated carbocycles. The first kappa shape index (κ1) is 12.3. The zero-order valence-corrected chi connectivity index (χ0v) is 11.5. The Kier molecular flexibility index (Phi) is 3.06. The fourth-order valence-electron chi connectivity index (χ4n) is 2.12. The topological polar surface area (TPSA) is 64.3 Å². The molecule has 2 aromatic rings. The van der Waals surface area contributed by atoms with Crippen molar-refractivity contribution in [1.29, 1.82) is 0 Å². The largest absolute Gasteiger partial charge is 0.496 e. The van der Waals surface area contributed by atoms with Crippen LogP contribution in [-0.2, 0) is 0 Å². The van der Waals surface area contributed by atoms with Crippen LogP contribution >= 0.6 is 11.3 Å². The summed E-state index contributed by atoms with van der Waals surface area (Å²) in [5.74, 6) is 1.30. The smallest absolute Gasteiger partial charge is 0.263 e. The zero-order chi connectivity index (χ0) is 13.4. The van der Waals surface area contributed by atoms with Gasteiger partial charge in [-0.25, -0.2) is 0 Å².